The molecular formula is C21H18N2O5S. The third-order valence-corrected chi connectivity index (χ3v) is 6.41. The minimum Gasteiger partial charge on any atom is -0.463 e. The van der Waals surface area contributed by atoms with Gasteiger partial charge in [0.25, 0.3) is 0 Å². The molecule has 0 saturated carbocycles. The van der Waals surface area contributed by atoms with Gasteiger partial charge in [-0.05, 0) is 18.2 Å². The van der Waals surface area contributed by atoms with Crippen molar-refractivity contribution in [1.82, 2.24) is 4.90 Å². The summed E-state index contributed by atoms with van der Waals surface area (Å²) < 4.78 is 11.7. The summed E-state index contributed by atoms with van der Waals surface area (Å²) in [5.74, 6) is -0.204. The number of para-hydroxylation sites is 1. The number of aliphatic hydroxyl groups is 1. The fraction of sp³-hybridized carbons (Fsp3) is 0.286. The number of hydrogen-bond acceptors (Lipinski definition) is 7. The Morgan fingerprint density at radius 1 is 1.24 bits per heavy atom. The van der Waals surface area contributed by atoms with E-state index in [0.29, 0.717) is 16.5 Å². The first-order valence-electron chi connectivity index (χ1n) is 9.29. The summed E-state index contributed by atoms with van der Waals surface area (Å²) in [6.07, 6.45) is 0. The third kappa shape index (κ3) is 2.82. The predicted molar refractivity (Wildman–Crippen MR) is 107 cm³/mol. The quantitative estimate of drug-likeness (QED) is 0.778. The molecule has 0 aliphatic carbocycles. The van der Waals surface area contributed by atoms with Gasteiger partial charge in [0.15, 0.2) is 5.17 Å². The van der Waals surface area contributed by atoms with Crippen LogP contribution in [0.2, 0.25) is 0 Å². The number of fused-ring (bicyclic) bond motifs is 6. The van der Waals surface area contributed by atoms with Crippen LogP contribution in [-0.2, 0) is 9.53 Å². The summed E-state index contributed by atoms with van der Waals surface area (Å²) in [5.41, 5.74) is -0.0511. The Labute approximate surface area is 171 Å². The van der Waals surface area contributed by atoms with E-state index in [4.69, 9.17) is 9.47 Å². The lowest BCUT2D eigenvalue weighted by Gasteiger charge is -2.50. The predicted octanol–water partition coefficient (Wildman–Crippen LogP) is 2.23. The largest absolute Gasteiger partial charge is 0.463 e. The van der Waals surface area contributed by atoms with Crippen molar-refractivity contribution >= 4 is 28.8 Å². The van der Waals surface area contributed by atoms with E-state index in [1.54, 1.807) is 35.2 Å². The zero-order valence-corrected chi connectivity index (χ0v) is 16.2. The number of benzene rings is 2. The van der Waals surface area contributed by atoms with Gasteiger partial charge in [0.05, 0.1) is 23.3 Å². The van der Waals surface area contributed by atoms with Crippen molar-refractivity contribution in [3.63, 3.8) is 0 Å². The van der Waals surface area contributed by atoms with Gasteiger partial charge in [0, 0.05) is 5.56 Å². The molecule has 8 heteroatoms. The average Bonchev–Trinajstić information content (AvgIpc) is 3.11. The number of aliphatic imine (C=N–C) groups is 1. The third-order valence-electron chi connectivity index (χ3n) is 5.48. The average molecular weight is 410 g/mol. The van der Waals surface area contributed by atoms with E-state index in [0.717, 1.165) is 5.56 Å². The number of rotatable bonds is 4. The lowest BCUT2D eigenvalue weighted by atomic mass is 9.80. The Morgan fingerprint density at radius 3 is 2.79 bits per heavy atom. The molecular weight excluding hydrogens is 392 g/mol. The number of thioether (sulfide) groups is 1. The lowest BCUT2D eigenvalue weighted by Crippen LogP contribution is -2.60. The number of carbonyl (C=O) groups excluding carboxylic acids is 2. The van der Waals surface area contributed by atoms with Crippen LogP contribution in [0.5, 0.6) is 5.75 Å². The SMILES string of the molecule is O=C(OC[C@@H]1[C@H]2c3ccccc3OC1(CO)N=C1SCC(=O)N12)c1ccccc1. The number of aliphatic hydroxyl groups excluding tert-OH is 1. The molecule has 1 fully saturated rings. The molecule has 2 aromatic rings. The number of ether oxygens (including phenoxy) is 2. The van der Waals surface area contributed by atoms with Crippen LogP contribution in [0.1, 0.15) is 22.0 Å². The van der Waals surface area contributed by atoms with E-state index in [-0.39, 0.29) is 18.3 Å². The fourth-order valence-electron chi connectivity index (χ4n) is 4.10. The standard InChI is InChI=1S/C21H18N2O5S/c24-12-21-15(10-27-19(26)13-6-2-1-3-7-13)18(14-8-4-5-9-16(14)28-21)23-17(25)11-29-20(23)22-21/h1-9,15,18,24H,10-12H2/t15-,18-,21?/m1/s1. The van der Waals surface area contributed by atoms with Crippen LogP contribution in [0.15, 0.2) is 59.6 Å². The number of hydrogen-bond donors (Lipinski definition) is 1. The molecule has 7 nitrogen and oxygen atoms in total. The Bertz CT molecular complexity index is 1010. The Hall–Kier alpha value is -2.84. The van der Waals surface area contributed by atoms with E-state index in [2.05, 4.69) is 4.99 Å². The molecule has 0 aromatic heterocycles. The van der Waals surface area contributed by atoms with Crippen LogP contribution < -0.4 is 4.74 Å². The van der Waals surface area contributed by atoms with Crippen molar-refractivity contribution in [3.05, 3.63) is 65.7 Å². The summed E-state index contributed by atoms with van der Waals surface area (Å²) in [6, 6.07) is 15.7. The van der Waals surface area contributed by atoms with E-state index in [9.17, 15) is 14.7 Å². The lowest BCUT2D eigenvalue weighted by molar-refractivity contribution is -0.137. The van der Waals surface area contributed by atoms with Crippen molar-refractivity contribution in [2.45, 2.75) is 11.8 Å². The van der Waals surface area contributed by atoms with E-state index in [1.807, 2.05) is 24.3 Å². The molecule has 3 aliphatic rings. The minimum atomic E-state index is -1.31. The number of esters is 1. The van der Waals surface area contributed by atoms with Crippen LogP contribution in [0.25, 0.3) is 0 Å². The molecule has 0 radical (unpaired) electrons. The molecule has 1 N–H and O–H groups in total. The second kappa shape index (κ2) is 6.89. The van der Waals surface area contributed by atoms with Gasteiger partial charge in [-0.25, -0.2) is 9.79 Å². The van der Waals surface area contributed by atoms with Crippen molar-refractivity contribution in [3.8, 4) is 5.75 Å². The summed E-state index contributed by atoms with van der Waals surface area (Å²) in [5, 5.41) is 10.8. The summed E-state index contributed by atoms with van der Waals surface area (Å²) in [7, 11) is 0. The van der Waals surface area contributed by atoms with Gasteiger partial charge in [-0.3, -0.25) is 9.69 Å². The molecule has 0 spiro atoms. The maximum absolute atomic E-state index is 12.6. The number of amidine groups is 1. The molecule has 3 aliphatic heterocycles. The zero-order valence-electron chi connectivity index (χ0n) is 15.4. The molecule has 1 unspecified atom stereocenters. The van der Waals surface area contributed by atoms with Crippen LogP contribution in [0.3, 0.4) is 0 Å². The summed E-state index contributed by atoms with van der Waals surface area (Å²) >= 11 is 1.33. The van der Waals surface area contributed by atoms with Crippen LogP contribution in [0.4, 0.5) is 0 Å². The molecule has 1 saturated heterocycles. The van der Waals surface area contributed by atoms with Crippen molar-refractivity contribution in [1.29, 1.82) is 0 Å². The summed E-state index contributed by atoms with van der Waals surface area (Å²) in [6.45, 7) is -0.435. The van der Waals surface area contributed by atoms with Gasteiger partial charge >= 0.3 is 5.97 Å². The smallest absolute Gasteiger partial charge is 0.338 e. The monoisotopic (exact) mass is 410 g/mol. The molecule has 3 heterocycles. The highest BCUT2D eigenvalue weighted by Crippen LogP contribution is 2.52. The molecule has 2 bridgehead atoms. The molecule has 2 aromatic carbocycles. The number of carbonyl (C=O) groups is 2. The zero-order chi connectivity index (χ0) is 20.0. The second-order valence-corrected chi connectivity index (χ2v) is 8.05. The Morgan fingerprint density at radius 2 is 2.00 bits per heavy atom. The van der Waals surface area contributed by atoms with Crippen molar-refractivity contribution in [2.75, 3.05) is 19.0 Å². The number of amides is 1. The molecule has 1 amide bonds. The van der Waals surface area contributed by atoms with Crippen LogP contribution in [0, 0.1) is 5.92 Å². The van der Waals surface area contributed by atoms with Gasteiger partial charge in [-0.1, -0.05) is 48.2 Å². The topological polar surface area (TPSA) is 88.4 Å². The van der Waals surface area contributed by atoms with Crippen LogP contribution >= 0.6 is 11.8 Å². The van der Waals surface area contributed by atoms with Crippen molar-refractivity contribution < 1.29 is 24.2 Å². The normalized spacial score (nSPS) is 26.9. The Balaban J connectivity index is 1.53. The molecule has 148 valence electrons. The first-order valence-corrected chi connectivity index (χ1v) is 10.3. The molecule has 5 rings (SSSR count). The van der Waals surface area contributed by atoms with Crippen LogP contribution in [-0.4, -0.2) is 51.7 Å². The molecule has 3 atom stereocenters. The highest BCUT2D eigenvalue weighted by molar-refractivity contribution is 8.15. The van der Waals surface area contributed by atoms with Gasteiger partial charge in [0.2, 0.25) is 11.6 Å². The van der Waals surface area contributed by atoms with Gasteiger partial charge in [-0.2, -0.15) is 0 Å². The van der Waals surface area contributed by atoms with E-state index < -0.39 is 30.3 Å². The second-order valence-electron chi connectivity index (χ2n) is 7.11. The first-order chi connectivity index (χ1) is 14.1. The Kier molecular flexibility index (Phi) is 4.33. The maximum atomic E-state index is 12.6. The van der Waals surface area contributed by atoms with Gasteiger partial charge in [0.1, 0.15) is 19.0 Å². The van der Waals surface area contributed by atoms with E-state index in [1.165, 1.54) is 11.8 Å². The first kappa shape index (κ1) is 18.2. The van der Waals surface area contributed by atoms with E-state index >= 15 is 0 Å². The minimum absolute atomic E-state index is 0.0431. The highest BCUT2D eigenvalue weighted by Gasteiger charge is 2.59. The maximum Gasteiger partial charge on any atom is 0.338 e. The fourth-order valence-corrected chi connectivity index (χ4v) is 5.06. The van der Waals surface area contributed by atoms with Crippen molar-refractivity contribution in [2.24, 2.45) is 10.9 Å². The number of nitrogens with zero attached hydrogens (tertiary/aromatic N) is 2. The van der Waals surface area contributed by atoms with Gasteiger partial charge in [-0.15, -0.1) is 0 Å². The highest BCUT2D eigenvalue weighted by atomic mass is 32.2. The molecule has 29 heavy (non-hydrogen) atoms. The van der Waals surface area contributed by atoms with Gasteiger partial charge < -0.3 is 14.6 Å². The summed E-state index contributed by atoms with van der Waals surface area (Å²) in [4.78, 5) is 31.4.